The summed E-state index contributed by atoms with van der Waals surface area (Å²) in [5.41, 5.74) is 3.47. The van der Waals surface area contributed by atoms with Crippen molar-refractivity contribution in [3.63, 3.8) is 0 Å². The highest BCUT2D eigenvalue weighted by molar-refractivity contribution is 8.00. The predicted molar refractivity (Wildman–Crippen MR) is 131 cm³/mol. The average Bonchev–Trinajstić information content (AvgIpc) is 3.54. The zero-order valence-corrected chi connectivity index (χ0v) is 20.0. The van der Waals surface area contributed by atoms with Crippen molar-refractivity contribution in [2.75, 3.05) is 13.7 Å². The van der Waals surface area contributed by atoms with Crippen LogP contribution in [0.15, 0.2) is 76.5 Å². The number of carbonyl (C=O) groups is 1. The molecule has 0 aliphatic carbocycles. The van der Waals surface area contributed by atoms with E-state index in [0.717, 1.165) is 30.0 Å². The van der Waals surface area contributed by atoms with E-state index < -0.39 is 0 Å². The van der Waals surface area contributed by atoms with E-state index in [0.29, 0.717) is 24.1 Å². The van der Waals surface area contributed by atoms with Crippen LogP contribution in [0.3, 0.4) is 0 Å². The molecule has 3 heterocycles. The highest BCUT2D eigenvalue weighted by atomic mass is 32.2. The minimum Gasteiger partial charge on any atom is -0.497 e. The van der Waals surface area contributed by atoms with E-state index in [9.17, 15) is 4.79 Å². The molecule has 1 aliphatic rings. The van der Waals surface area contributed by atoms with Crippen molar-refractivity contribution in [2.45, 2.75) is 36.8 Å². The van der Waals surface area contributed by atoms with E-state index >= 15 is 0 Å². The first-order valence-electron chi connectivity index (χ1n) is 11.2. The fourth-order valence-corrected chi connectivity index (χ4v) is 5.11. The summed E-state index contributed by atoms with van der Waals surface area (Å²) in [6.45, 7) is 3.79. The standard InChI is InChI=1S/C26H26N4O3S/c1-18(25(31)29-14-13-19-6-3-4-7-21(19)16-29)34-26-28-27-24(20-9-11-22(32-2)12-10-20)30(26)17-23-8-5-15-33-23/h3-12,15,18H,13-14,16-17H2,1-2H3. The van der Waals surface area contributed by atoms with Crippen LogP contribution in [0.5, 0.6) is 5.75 Å². The van der Waals surface area contributed by atoms with Gasteiger partial charge in [-0.1, -0.05) is 36.0 Å². The van der Waals surface area contributed by atoms with Crippen molar-refractivity contribution in [1.29, 1.82) is 0 Å². The number of thioether (sulfide) groups is 1. The van der Waals surface area contributed by atoms with E-state index in [-0.39, 0.29) is 11.2 Å². The lowest BCUT2D eigenvalue weighted by Crippen LogP contribution is -2.40. The van der Waals surface area contributed by atoms with Crippen LogP contribution in [0.2, 0.25) is 0 Å². The first kappa shape index (κ1) is 22.3. The van der Waals surface area contributed by atoms with Gasteiger partial charge in [-0.15, -0.1) is 10.2 Å². The van der Waals surface area contributed by atoms with E-state index in [1.165, 1.54) is 22.9 Å². The van der Waals surface area contributed by atoms with Gasteiger partial charge in [0, 0.05) is 18.7 Å². The Morgan fingerprint density at radius 3 is 2.62 bits per heavy atom. The maximum absolute atomic E-state index is 13.3. The van der Waals surface area contributed by atoms with E-state index in [1.807, 2.05) is 58.9 Å². The Morgan fingerprint density at radius 1 is 1.09 bits per heavy atom. The molecule has 2 aromatic heterocycles. The molecule has 0 N–H and O–H groups in total. The molecule has 1 atom stereocenters. The number of rotatable bonds is 7. The van der Waals surface area contributed by atoms with Crippen molar-refractivity contribution >= 4 is 17.7 Å². The summed E-state index contributed by atoms with van der Waals surface area (Å²) in [4.78, 5) is 15.2. The second kappa shape index (κ2) is 9.77. The third-order valence-corrected chi connectivity index (χ3v) is 7.10. The number of furan rings is 1. The molecule has 174 valence electrons. The van der Waals surface area contributed by atoms with Gasteiger partial charge in [-0.05, 0) is 60.9 Å². The zero-order chi connectivity index (χ0) is 23.5. The Morgan fingerprint density at radius 2 is 1.88 bits per heavy atom. The second-order valence-electron chi connectivity index (χ2n) is 8.24. The molecule has 0 saturated heterocycles. The summed E-state index contributed by atoms with van der Waals surface area (Å²) in [7, 11) is 1.64. The van der Waals surface area contributed by atoms with Crippen molar-refractivity contribution in [3.05, 3.63) is 83.8 Å². The lowest BCUT2D eigenvalue weighted by Gasteiger charge is -2.30. The van der Waals surface area contributed by atoms with Gasteiger partial charge in [0.2, 0.25) is 5.91 Å². The molecule has 1 aliphatic heterocycles. The molecule has 0 fully saturated rings. The number of hydrogen-bond donors (Lipinski definition) is 0. The number of hydrogen-bond acceptors (Lipinski definition) is 6. The Balaban J connectivity index is 1.38. The molecule has 0 bridgehead atoms. The third kappa shape index (κ3) is 4.59. The molecule has 5 rings (SSSR count). The quantitative estimate of drug-likeness (QED) is 0.363. The number of ether oxygens (including phenoxy) is 1. The average molecular weight is 475 g/mol. The molecular formula is C26H26N4O3S. The third-order valence-electron chi connectivity index (χ3n) is 6.03. The first-order chi connectivity index (χ1) is 16.6. The molecule has 0 radical (unpaired) electrons. The van der Waals surface area contributed by atoms with Crippen molar-refractivity contribution in [3.8, 4) is 17.1 Å². The largest absolute Gasteiger partial charge is 0.497 e. The topological polar surface area (TPSA) is 73.4 Å². The SMILES string of the molecule is COc1ccc(-c2nnc(SC(C)C(=O)N3CCc4ccccc4C3)n2Cc2ccco2)cc1. The van der Waals surface area contributed by atoms with Gasteiger partial charge in [0.05, 0.1) is 25.2 Å². The monoisotopic (exact) mass is 474 g/mol. The number of amides is 1. The van der Waals surface area contributed by atoms with Gasteiger partial charge in [0.15, 0.2) is 11.0 Å². The van der Waals surface area contributed by atoms with E-state index in [1.54, 1.807) is 13.4 Å². The highest BCUT2D eigenvalue weighted by Gasteiger charge is 2.27. The zero-order valence-electron chi connectivity index (χ0n) is 19.2. The van der Waals surface area contributed by atoms with Crippen LogP contribution in [0.1, 0.15) is 23.8 Å². The summed E-state index contributed by atoms with van der Waals surface area (Å²) in [6, 6.07) is 19.8. The second-order valence-corrected chi connectivity index (χ2v) is 9.55. The highest BCUT2D eigenvalue weighted by Crippen LogP contribution is 2.30. The van der Waals surface area contributed by atoms with Gasteiger partial charge in [0.1, 0.15) is 11.5 Å². The molecule has 0 saturated carbocycles. The molecule has 1 amide bonds. The number of nitrogens with zero attached hydrogens (tertiary/aromatic N) is 4. The van der Waals surface area contributed by atoms with Crippen LogP contribution < -0.4 is 4.74 Å². The van der Waals surface area contributed by atoms with E-state index in [2.05, 4.69) is 28.4 Å². The molecule has 0 spiro atoms. The number of benzene rings is 2. The fourth-order valence-electron chi connectivity index (χ4n) is 4.18. The summed E-state index contributed by atoms with van der Waals surface area (Å²) in [6.07, 6.45) is 2.54. The lowest BCUT2D eigenvalue weighted by molar-refractivity contribution is -0.131. The van der Waals surface area contributed by atoms with Crippen LogP contribution in [-0.2, 0) is 24.3 Å². The Hall–Kier alpha value is -3.52. The van der Waals surface area contributed by atoms with Crippen molar-refractivity contribution in [1.82, 2.24) is 19.7 Å². The maximum atomic E-state index is 13.3. The Bertz CT molecular complexity index is 1270. The fraction of sp³-hybridized carbons (Fsp3) is 0.269. The van der Waals surface area contributed by atoms with Crippen LogP contribution in [0.25, 0.3) is 11.4 Å². The summed E-state index contributed by atoms with van der Waals surface area (Å²) >= 11 is 1.43. The van der Waals surface area contributed by atoms with Gasteiger partial charge in [-0.25, -0.2) is 0 Å². The molecule has 2 aromatic carbocycles. The first-order valence-corrected chi connectivity index (χ1v) is 12.1. The summed E-state index contributed by atoms with van der Waals surface area (Å²) in [5.74, 6) is 2.40. The Kier molecular flexibility index (Phi) is 6.40. The van der Waals surface area contributed by atoms with Crippen LogP contribution >= 0.6 is 11.8 Å². The molecule has 4 aromatic rings. The van der Waals surface area contributed by atoms with Crippen LogP contribution in [0, 0.1) is 0 Å². The van der Waals surface area contributed by atoms with Gasteiger partial charge in [-0.3, -0.25) is 9.36 Å². The predicted octanol–water partition coefficient (Wildman–Crippen LogP) is 4.66. The minimum atomic E-state index is -0.298. The van der Waals surface area contributed by atoms with Crippen molar-refractivity contribution < 1.29 is 13.9 Å². The molecular weight excluding hydrogens is 448 g/mol. The van der Waals surface area contributed by atoms with Gasteiger partial charge in [0.25, 0.3) is 0 Å². The lowest BCUT2D eigenvalue weighted by atomic mass is 10.00. The smallest absolute Gasteiger partial charge is 0.236 e. The van der Waals surface area contributed by atoms with Gasteiger partial charge >= 0.3 is 0 Å². The van der Waals surface area contributed by atoms with Gasteiger partial charge < -0.3 is 14.1 Å². The molecule has 7 nitrogen and oxygen atoms in total. The number of aromatic nitrogens is 3. The van der Waals surface area contributed by atoms with Gasteiger partial charge in [-0.2, -0.15) is 0 Å². The molecule has 34 heavy (non-hydrogen) atoms. The normalized spacial score (nSPS) is 14.0. The van der Waals surface area contributed by atoms with Crippen molar-refractivity contribution in [2.24, 2.45) is 0 Å². The van der Waals surface area contributed by atoms with E-state index in [4.69, 9.17) is 9.15 Å². The molecule has 8 heteroatoms. The minimum absolute atomic E-state index is 0.109. The summed E-state index contributed by atoms with van der Waals surface area (Å²) in [5, 5.41) is 9.30. The number of methoxy groups -OCH3 is 1. The Labute approximate surface area is 202 Å². The molecule has 1 unspecified atom stereocenters. The maximum Gasteiger partial charge on any atom is 0.236 e. The number of carbonyl (C=O) groups excluding carboxylic acids is 1. The summed E-state index contributed by atoms with van der Waals surface area (Å²) < 4.78 is 12.9. The number of fused-ring (bicyclic) bond motifs is 1. The van der Waals surface area contributed by atoms with Crippen LogP contribution in [-0.4, -0.2) is 44.5 Å². The van der Waals surface area contributed by atoms with Crippen LogP contribution in [0.4, 0.5) is 0 Å².